The van der Waals surface area contributed by atoms with Gasteiger partial charge in [-0.2, -0.15) is 5.26 Å². The van der Waals surface area contributed by atoms with E-state index < -0.39 is 9.84 Å². The van der Waals surface area contributed by atoms with Gasteiger partial charge in [-0.15, -0.1) is 0 Å². The molecule has 0 atom stereocenters. The molecule has 0 saturated heterocycles. The fourth-order valence-corrected chi connectivity index (χ4v) is 2.56. The van der Waals surface area contributed by atoms with Crippen molar-refractivity contribution in [3.05, 3.63) is 47.3 Å². The summed E-state index contributed by atoms with van der Waals surface area (Å²) in [5, 5.41) is 9.19. The maximum absolute atomic E-state index is 11.6. The SMILES string of the molecule is Cc1cc(Oc2cccc(S(C)(=O)=O)c2)c(C#N)c(C)n1. The highest BCUT2D eigenvalue weighted by molar-refractivity contribution is 7.90. The van der Waals surface area contributed by atoms with Crippen molar-refractivity contribution in [2.24, 2.45) is 0 Å². The first kappa shape index (κ1) is 15.0. The summed E-state index contributed by atoms with van der Waals surface area (Å²) >= 11 is 0. The zero-order valence-corrected chi connectivity index (χ0v) is 12.7. The van der Waals surface area contributed by atoms with Crippen LogP contribution in [0.25, 0.3) is 0 Å². The number of pyridine rings is 1. The largest absolute Gasteiger partial charge is 0.456 e. The second-order valence-electron chi connectivity index (χ2n) is 4.68. The minimum atomic E-state index is -3.31. The van der Waals surface area contributed by atoms with Crippen LogP contribution < -0.4 is 4.74 Å². The number of hydrogen-bond donors (Lipinski definition) is 0. The first-order valence-electron chi connectivity index (χ1n) is 6.17. The second-order valence-corrected chi connectivity index (χ2v) is 6.70. The third kappa shape index (κ3) is 3.38. The lowest BCUT2D eigenvalue weighted by Crippen LogP contribution is -1.99. The Kier molecular flexibility index (Phi) is 3.96. The summed E-state index contributed by atoms with van der Waals surface area (Å²) < 4.78 is 28.8. The van der Waals surface area contributed by atoms with Crippen LogP contribution in [-0.2, 0) is 9.84 Å². The zero-order chi connectivity index (χ0) is 15.6. The average Bonchev–Trinajstić information content (AvgIpc) is 2.37. The van der Waals surface area contributed by atoms with E-state index in [-0.39, 0.29) is 4.90 Å². The second kappa shape index (κ2) is 5.54. The minimum Gasteiger partial charge on any atom is -0.456 e. The van der Waals surface area contributed by atoms with E-state index in [2.05, 4.69) is 11.1 Å². The van der Waals surface area contributed by atoms with Crippen molar-refractivity contribution in [2.45, 2.75) is 18.7 Å². The summed E-state index contributed by atoms with van der Waals surface area (Å²) in [6, 6.07) is 9.87. The Morgan fingerprint density at radius 2 is 1.95 bits per heavy atom. The van der Waals surface area contributed by atoms with Crippen molar-refractivity contribution in [1.29, 1.82) is 5.26 Å². The molecular formula is C15H14N2O3S. The van der Waals surface area contributed by atoms with Gasteiger partial charge < -0.3 is 4.74 Å². The molecule has 2 aromatic rings. The molecule has 0 unspecified atom stereocenters. The normalized spacial score (nSPS) is 11.0. The number of aryl methyl sites for hydroxylation is 2. The van der Waals surface area contributed by atoms with E-state index in [0.29, 0.717) is 22.8 Å². The molecule has 108 valence electrons. The molecule has 21 heavy (non-hydrogen) atoms. The number of ether oxygens (including phenoxy) is 1. The standard InChI is InChI=1S/C15H14N2O3S/c1-10-7-15(14(9-16)11(2)17-10)20-12-5-4-6-13(8-12)21(3,18)19/h4-8H,1-3H3. The number of hydrogen-bond acceptors (Lipinski definition) is 5. The summed E-state index contributed by atoms with van der Waals surface area (Å²) in [4.78, 5) is 4.37. The van der Waals surface area contributed by atoms with Gasteiger partial charge >= 0.3 is 0 Å². The van der Waals surface area contributed by atoms with Gasteiger partial charge in [0, 0.05) is 18.0 Å². The molecule has 0 bridgehead atoms. The Bertz CT molecular complexity index is 836. The van der Waals surface area contributed by atoms with Crippen molar-refractivity contribution in [3.8, 4) is 17.6 Å². The first-order valence-corrected chi connectivity index (χ1v) is 8.06. The van der Waals surface area contributed by atoms with Gasteiger partial charge in [-0.25, -0.2) is 8.42 Å². The Labute approximate surface area is 123 Å². The Balaban J connectivity index is 2.47. The number of aromatic nitrogens is 1. The van der Waals surface area contributed by atoms with Crippen molar-refractivity contribution < 1.29 is 13.2 Å². The van der Waals surface area contributed by atoms with Crippen molar-refractivity contribution >= 4 is 9.84 Å². The summed E-state index contributed by atoms with van der Waals surface area (Å²) in [6.45, 7) is 3.53. The van der Waals surface area contributed by atoms with Gasteiger partial charge in [0.1, 0.15) is 23.1 Å². The molecule has 0 saturated carbocycles. The lowest BCUT2D eigenvalue weighted by Gasteiger charge is -2.10. The predicted molar refractivity (Wildman–Crippen MR) is 78.1 cm³/mol. The van der Waals surface area contributed by atoms with Gasteiger partial charge in [0.2, 0.25) is 0 Å². The van der Waals surface area contributed by atoms with E-state index in [0.717, 1.165) is 11.9 Å². The van der Waals surface area contributed by atoms with E-state index in [9.17, 15) is 13.7 Å². The topological polar surface area (TPSA) is 80.0 Å². The summed E-state index contributed by atoms with van der Waals surface area (Å²) in [5.41, 5.74) is 1.64. The van der Waals surface area contributed by atoms with Crippen molar-refractivity contribution in [3.63, 3.8) is 0 Å². The zero-order valence-electron chi connectivity index (χ0n) is 11.9. The highest BCUT2D eigenvalue weighted by Gasteiger charge is 2.12. The monoisotopic (exact) mass is 302 g/mol. The van der Waals surface area contributed by atoms with Gasteiger partial charge in [-0.1, -0.05) is 6.07 Å². The molecule has 1 aromatic carbocycles. The van der Waals surface area contributed by atoms with E-state index >= 15 is 0 Å². The molecule has 1 heterocycles. The number of benzene rings is 1. The molecule has 0 amide bonds. The summed E-state index contributed by atoms with van der Waals surface area (Å²) in [7, 11) is -3.31. The molecule has 6 heteroatoms. The fourth-order valence-electron chi connectivity index (χ4n) is 1.90. The molecule has 0 N–H and O–H groups in total. The molecule has 0 aliphatic heterocycles. The number of rotatable bonds is 3. The Morgan fingerprint density at radius 1 is 1.24 bits per heavy atom. The molecular weight excluding hydrogens is 288 g/mol. The molecule has 0 spiro atoms. The lowest BCUT2D eigenvalue weighted by molar-refractivity contribution is 0.477. The van der Waals surface area contributed by atoms with Crippen LogP contribution in [0.5, 0.6) is 11.5 Å². The maximum Gasteiger partial charge on any atom is 0.175 e. The molecule has 0 aliphatic rings. The molecule has 0 radical (unpaired) electrons. The van der Waals surface area contributed by atoms with E-state index in [1.54, 1.807) is 32.0 Å². The van der Waals surface area contributed by atoms with Gasteiger partial charge in [0.05, 0.1) is 10.6 Å². The van der Waals surface area contributed by atoms with Crippen LogP contribution in [0, 0.1) is 25.2 Å². The molecule has 0 aliphatic carbocycles. The van der Waals surface area contributed by atoms with Crippen LogP contribution in [0.2, 0.25) is 0 Å². The quantitative estimate of drug-likeness (QED) is 0.871. The number of sulfone groups is 1. The van der Waals surface area contributed by atoms with E-state index in [1.807, 2.05) is 0 Å². The van der Waals surface area contributed by atoms with Crippen LogP contribution in [0.1, 0.15) is 17.0 Å². The van der Waals surface area contributed by atoms with E-state index in [1.165, 1.54) is 12.1 Å². The molecule has 5 nitrogen and oxygen atoms in total. The number of nitriles is 1. The van der Waals surface area contributed by atoms with E-state index in [4.69, 9.17) is 4.74 Å². The molecule has 1 aromatic heterocycles. The van der Waals surface area contributed by atoms with Gasteiger partial charge in [0.15, 0.2) is 9.84 Å². The third-order valence-corrected chi connectivity index (χ3v) is 3.98. The number of nitrogens with zero attached hydrogens (tertiary/aromatic N) is 2. The van der Waals surface area contributed by atoms with Crippen molar-refractivity contribution in [2.75, 3.05) is 6.26 Å². The Morgan fingerprint density at radius 3 is 2.57 bits per heavy atom. The van der Waals surface area contributed by atoms with Crippen LogP contribution in [-0.4, -0.2) is 19.7 Å². The lowest BCUT2D eigenvalue weighted by atomic mass is 10.2. The van der Waals surface area contributed by atoms with Gasteiger partial charge in [0.25, 0.3) is 0 Å². The smallest absolute Gasteiger partial charge is 0.175 e. The van der Waals surface area contributed by atoms with Crippen LogP contribution in [0.3, 0.4) is 0 Å². The summed E-state index contributed by atoms with van der Waals surface area (Å²) in [5.74, 6) is 0.729. The fraction of sp³-hybridized carbons (Fsp3) is 0.200. The summed E-state index contributed by atoms with van der Waals surface area (Å²) in [6.07, 6.45) is 1.13. The highest BCUT2D eigenvalue weighted by Crippen LogP contribution is 2.28. The predicted octanol–water partition coefficient (Wildman–Crippen LogP) is 2.77. The highest BCUT2D eigenvalue weighted by atomic mass is 32.2. The van der Waals surface area contributed by atoms with Gasteiger partial charge in [-0.3, -0.25) is 4.98 Å². The van der Waals surface area contributed by atoms with Crippen LogP contribution in [0.4, 0.5) is 0 Å². The minimum absolute atomic E-state index is 0.168. The van der Waals surface area contributed by atoms with Crippen LogP contribution >= 0.6 is 0 Å². The average molecular weight is 302 g/mol. The third-order valence-electron chi connectivity index (χ3n) is 2.87. The van der Waals surface area contributed by atoms with Crippen LogP contribution in [0.15, 0.2) is 35.2 Å². The van der Waals surface area contributed by atoms with Gasteiger partial charge in [-0.05, 0) is 32.0 Å². The molecule has 0 fully saturated rings. The maximum atomic E-state index is 11.6. The first-order chi connectivity index (χ1) is 9.81. The molecule has 2 rings (SSSR count). The van der Waals surface area contributed by atoms with Crippen molar-refractivity contribution in [1.82, 2.24) is 4.98 Å². The Hall–Kier alpha value is -2.39.